The molecule has 0 radical (unpaired) electrons. The maximum atomic E-state index is 10.9. The van der Waals surface area contributed by atoms with Gasteiger partial charge < -0.3 is 10.4 Å². The van der Waals surface area contributed by atoms with Crippen LogP contribution in [-0.4, -0.2) is 27.8 Å². The van der Waals surface area contributed by atoms with Gasteiger partial charge in [-0.3, -0.25) is 9.89 Å². The van der Waals surface area contributed by atoms with Crippen molar-refractivity contribution in [1.82, 2.24) is 10.2 Å². The van der Waals surface area contributed by atoms with Crippen molar-refractivity contribution in [3.63, 3.8) is 0 Å². The van der Waals surface area contributed by atoms with Crippen LogP contribution < -0.4 is 5.32 Å². The van der Waals surface area contributed by atoms with Crippen molar-refractivity contribution in [3.8, 4) is 11.1 Å². The Balaban J connectivity index is 2.05. The Morgan fingerprint density at radius 2 is 2.12 bits per heavy atom. The Morgan fingerprint density at radius 3 is 2.85 bits per heavy atom. The Labute approximate surface area is 157 Å². The zero-order chi connectivity index (χ0) is 18.7. The highest BCUT2D eigenvalue weighted by molar-refractivity contribution is 6.31. The van der Waals surface area contributed by atoms with E-state index in [1.807, 2.05) is 24.3 Å². The first-order chi connectivity index (χ1) is 12.4. The Kier molecular flexibility index (Phi) is 5.47. The number of hydrogen-bond donors (Lipinski definition) is 3. The van der Waals surface area contributed by atoms with E-state index in [1.165, 1.54) is 0 Å². The lowest BCUT2D eigenvalue weighted by Crippen LogP contribution is -2.09. The topological polar surface area (TPSA) is 78.0 Å². The van der Waals surface area contributed by atoms with E-state index in [4.69, 9.17) is 16.7 Å². The molecule has 1 heterocycles. The molecule has 0 amide bonds. The SMILES string of the molecule is CC(C)CNc1cc(Cl)c(CCC(=O)O)cc1-c1ccc2[nH]ncc2c1. The Morgan fingerprint density at radius 1 is 1.31 bits per heavy atom. The number of rotatable bonds is 7. The summed E-state index contributed by atoms with van der Waals surface area (Å²) in [5.41, 5.74) is 4.82. The number of H-pyrrole nitrogens is 1. The van der Waals surface area contributed by atoms with Crippen LogP contribution in [0, 0.1) is 5.92 Å². The summed E-state index contributed by atoms with van der Waals surface area (Å²) in [7, 11) is 0. The fourth-order valence-electron chi connectivity index (χ4n) is 2.86. The molecule has 0 aliphatic heterocycles. The third-order valence-corrected chi connectivity index (χ3v) is 4.60. The number of benzene rings is 2. The molecule has 0 saturated carbocycles. The summed E-state index contributed by atoms with van der Waals surface area (Å²) in [6.45, 7) is 5.12. The van der Waals surface area contributed by atoms with Crippen molar-refractivity contribution < 1.29 is 9.90 Å². The maximum absolute atomic E-state index is 10.9. The minimum atomic E-state index is -0.829. The highest BCUT2D eigenvalue weighted by Gasteiger charge is 2.13. The van der Waals surface area contributed by atoms with Crippen molar-refractivity contribution in [3.05, 3.63) is 47.1 Å². The third kappa shape index (κ3) is 4.17. The van der Waals surface area contributed by atoms with Crippen LogP contribution in [-0.2, 0) is 11.2 Å². The molecular formula is C20H22ClN3O2. The van der Waals surface area contributed by atoms with Gasteiger partial charge >= 0.3 is 5.97 Å². The minimum Gasteiger partial charge on any atom is -0.481 e. The van der Waals surface area contributed by atoms with Crippen LogP contribution in [0.1, 0.15) is 25.8 Å². The number of nitrogens with zero attached hydrogens (tertiary/aromatic N) is 1. The van der Waals surface area contributed by atoms with E-state index in [-0.39, 0.29) is 6.42 Å². The molecule has 0 atom stereocenters. The van der Waals surface area contributed by atoms with Gasteiger partial charge in [0.25, 0.3) is 0 Å². The largest absolute Gasteiger partial charge is 0.481 e. The van der Waals surface area contributed by atoms with Crippen LogP contribution in [0.15, 0.2) is 36.5 Å². The molecule has 0 bridgehead atoms. The number of anilines is 1. The van der Waals surface area contributed by atoms with Crippen molar-refractivity contribution in [2.24, 2.45) is 5.92 Å². The van der Waals surface area contributed by atoms with Crippen LogP contribution >= 0.6 is 11.6 Å². The summed E-state index contributed by atoms with van der Waals surface area (Å²) in [6, 6.07) is 10.00. The first kappa shape index (κ1) is 18.3. The first-order valence-electron chi connectivity index (χ1n) is 8.65. The number of carboxylic acid groups (broad SMARTS) is 1. The number of carbonyl (C=O) groups is 1. The summed E-state index contributed by atoms with van der Waals surface area (Å²) in [5.74, 6) is -0.339. The number of carboxylic acids is 1. The number of fused-ring (bicyclic) bond motifs is 1. The molecule has 0 saturated heterocycles. The summed E-state index contributed by atoms with van der Waals surface area (Å²) in [5, 5.41) is 21.1. The summed E-state index contributed by atoms with van der Waals surface area (Å²) < 4.78 is 0. The predicted octanol–water partition coefficient (Wildman–Crippen LogP) is 4.97. The fraction of sp³-hybridized carbons (Fsp3) is 0.300. The molecular weight excluding hydrogens is 350 g/mol. The van der Waals surface area contributed by atoms with Gasteiger partial charge in [-0.1, -0.05) is 31.5 Å². The maximum Gasteiger partial charge on any atom is 0.303 e. The van der Waals surface area contributed by atoms with Gasteiger partial charge in [0.1, 0.15) is 0 Å². The van der Waals surface area contributed by atoms with Gasteiger partial charge in [0.15, 0.2) is 0 Å². The second-order valence-electron chi connectivity index (χ2n) is 6.83. The standard InChI is InChI=1S/C20H22ClN3O2/c1-12(2)10-22-19-9-17(21)14(4-6-20(25)26)8-16(19)13-3-5-18-15(7-13)11-23-24-18/h3,5,7-9,11-12,22H,4,6,10H2,1-2H3,(H,23,24)(H,25,26). The molecule has 5 nitrogen and oxygen atoms in total. The highest BCUT2D eigenvalue weighted by atomic mass is 35.5. The monoisotopic (exact) mass is 371 g/mol. The molecule has 2 aromatic carbocycles. The molecule has 3 N–H and O–H groups in total. The van der Waals surface area contributed by atoms with Gasteiger partial charge in [-0.25, -0.2) is 0 Å². The average Bonchev–Trinajstić information content (AvgIpc) is 3.06. The van der Waals surface area contributed by atoms with Gasteiger partial charge in [-0.2, -0.15) is 5.10 Å². The lowest BCUT2D eigenvalue weighted by atomic mass is 9.97. The van der Waals surface area contributed by atoms with Crippen LogP contribution in [0.5, 0.6) is 0 Å². The second kappa shape index (κ2) is 7.79. The second-order valence-corrected chi connectivity index (χ2v) is 7.24. The molecule has 136 valence electrons. The molecule has 1 aromatic heterocycles. The van der Waals surface area contributed by atoms with E-state index in [0.717, 1.165) is 39.8 Å². The molecule has 0 aliphatic rings. The first-order valence-corrected chi connectivity index (χ1v) is 9.03. The molecule has 0 aliphatic carbocycles. The summed E-state index contributed by atoms with van der Waals surface area (Å²) in [6.07, 6.45) is 2.25. The van der Waals surface area contributed by atoms with Gasteiger partial charge in [0.2, 0.25) is 0 Å². The Bertz CT molecular complexity index is 934. The van der Waals surface area contributed by atoms with E-state index < -0.39 is 5.97 Å². The van der Waals surface area contributed by atoms with E-state index in [2.05, 4.69) is 35.4 Å². The normalized spacial score (nSPS) is 11.2. The molecule has 26 heavy (non-hydrogen) atoms. The van der Waals surface area contributed by atoms with Crippen molar-refractivity contribution >= 4 is 34.2 Å². The molecule has 6 heteroatoms. The van der Waals surface area contributed by atoms with Crippen molar-refractivity contribution in [2.45, 2.75) is 26.7 Å². The fourth-order valence-corrected chi connectivity index (χ4v) is 3.12. The number of aromatic amines is 1. The minimum absolute atomic E-state index is 0.0543. The zero-order valence-electron chi connectivity index (χ0n) is 14.8. The Hall–Kier alpha value is -2.53. The molecule has 0 spiro atoms. The highest BCUT2D eigenvalue weighted by Crippen LogP contribution is 2.35. The predicted molar refractivity (Wildman–Crippen MR) is 106 cm³/mol. The molecule has 0 fully saturated rings. The smallest absolute Gasteiger partial charge is 0.303 e. The van der Waals surface area contributed by atoms with Crippen molar-refractivity contribution in [1.29, 1.82) is 0 Å². The van der Waals surface area contributed by atoms with Gasteiger partial charge in [0, 0.05) is 34.6 Å². The van der Waals surface area contributed by atoms with Crippen LogP contribution in [0.25, 0.3) is 22.0 Å². The van der Waals surface area contributed by atoms with Gasteiger partial charge in [-0.15, -0.1) is 0 Å². The molecule has 3 rings (SSSR count). The summed E-state index contributed by atoms with van der Waals surface area (Å²) >= 11 is 6.42. The molecule has 0 unspecified atom stereocenters. The number of nitrogens with one attached hydrogen (secondary N) is 2. The van der Waals surface area contributed by atoms with Crippen LogP contribution in [0.3, 0.4) is 0 Å². The third-order valence-electron chi connectivity index (χ3n) is 4.25. The van der Waals surface area contributed by atoms with Crippen LogP contribution in [0.4, 0.5) is 5.69 Å². The average molecular weight is 372 g/mol. The van der Waals surface area contributed by atoms with E-state index in [1.54, 1.807) is 6.20 Å². The van der Waals surface area contributed by atoms with Crippen molar-refractivity contribution in [2.75, 3.05) is 11.9 Å². The number of aryl methyl sites for hydroxylation is 1. The van der Waals surface area contributed by atoms with E-state index in [0.29, 0.717) is 17.4 Å². The summed E-state index contributed by atoms with van der Waals surface area (Å²) in [4.78, 5) is 10.9. The number of aliphatic carboxylic acids is 1. The quantitative estimate of drug-likeness (QED) is 0.548. The van der Waals surface area contributed by atoms with Gasteiger partial charge in [0.05, 0.1) is 11.7 Å². The van der Waals surface area contributed by atoms with E-state index in [9.17, 15) is 4.79 Å². The number of aromatic nitrogens is 2. The number of hydrogen-bond acceptors (Lipinski definition) is 3. The number of halogens is 1. The van der Waals surface area contributed by atoms with Crippen LogP contribution in [0.2, 0.25) is 5.02 Å². The van der Waals surface area contributed by atoms with Gasteiger partial charge in [-0.05, 0) is 47.7 Å². The lowest BCUT2D eigenvalue weighted by molar-refractivity contribution is -0.136. The zero-order valence-corrected chi connectivity index (χ0v) is 15.6. The van der Waals surface area contributed by atoms with E-state index >= 15 is 0 Å². The lowest BCUT2D eigenvalue weighted by Gasteiger charge is -2.17. The molecule has 3 aromatic rings.